The van der Waals surface area contributed by atoms with Crippen LogP contribution in [0, 0.1) is 0 Å². The van der Waals surface area contributed by atoms with E-state index >= 15 is 0 Å². The first kappa shape index (κ1) is 23.0. The van der Waals surface area contributed by atoms with Crippen LogP contribution >= 0.6 is 0 Å². The van der Waals surface area contributed by atoms with Gasteiger partial charge in [0.2, 0.25) is 5.65 Å². The van der Waals surface area contributed by atoms with Gasteiger partial charge in [-0.25, -0.2) is 19.7 Å². The highest BCUT2D eigenvalue weighted by atomic mass is 19.4. The Labute approximate surface area is 192 Å². The van der Waals surface area contributed by atoms with E-state index in [1.165, 1.54) is 0 Å². The molecule has 4 rings (SSSR count). The molecule has 0 fully saturated rings. The number of benzene rings is 1. The maximum absolute atomic E-state index is 12.6. The third-order valence-corrected chi connectivity index (χ3v) is 4.92. The smallest absolute Gasteiger partial charge is 0.362 e. The molecule has 12 heteroatoms. The van der Waals surface area contributed by atoms with Crippen molar-refractivity contribution in [3.63, 3.8) is 0 Å². The van der Waals surface area contributed by atoms with E-state index in [1.54, 1.807) is 29.1 Å². The Balaban J connectivity index is 1.39. The van der Waals surface area contributed by atoms with Gasteiger partial charge in [0.05, 0.1) is 30.3 Å². The average Bonchev–Trinajstić information content (AvgIpc) is 3.21. The molecular weight excluding hydrogens is 449 g/mol. The highest BCUT2D eigenvalue weighted by Crippen LogP contribution is 2.28. The van der Waals surface area contributed by atoms with Crippen molar-refractivity contribution in [3.05, 3.63) is 66.2 Å². The second kappa shape index (κ2) is 9.33. The van der Waals surface area contributed by atoms with Crippen molar-refractivity contribution < 1.29 is 18.0 Å². The molecule has 3 heterocycles. The number of fused-ring (bicyclic) bond motifs is 1. The SMILES string of the molecule is CCn1cc2ncc(N[C@@H](C)c3cccc(NC(=O)Nc4ccc(C(F)(F)F)nc4)c3)nc2n1. The molecule has 0 aliphatic rings. The summed E-state index contributed by atoms with van der Waals surface area (Å²) in [6, 6.07) is 8.31. The number of rotatable bonds is 6. The van der Waals surface area contributed by atoms with Crippen LogP contribution in [0.15, 0.2) is 55.0 Å². The Morgan fingerprint density at radius 1 is 1.09 bits per heavy atom. The molecule has 0 unspecified atom stereocenters. The molecule has 9 nitrogen and oxygen atoms in total. The van der Waals surface area contributed by atoms with Crippen LogP contribution in [0.3, 0.4) is 0 Å². The minimum absolute atomic E-state index is 0.135. The summed E-state index contributed by atoms with van der Waals surface area (Å²) >= 11 is 0. The predicted molar refractivity (Wildman–Crippen MR) is 121 cm³/mol. The number of anilines is 3. The van der Waals surface area contributed by atoms with Crippen molar-refractivity contribution in [3.8, 4) is 0 Å². The Kier molecular flexibility index (Phi) is 6.30. The van der Waals surface area contributed by atoms with Crippen molar-refractivity contribution >= 4 is 34.4 Å². The fourth-order valence-electron chi connectivity index (χ4n) is 3.20. The summed E-state index contributed by atoms with van der Waals surface area (Å²) < 4.78 is 39.6. The lowest BCUT2D eigenvalue weighted by Crippen LogP contribution is -2.20. The van der Waals surface area contributed by atoms with Gasteiger partial charge in [0.25, 0.3) is 0 Å². The minimum Gasteiger partial charge on any atom is -0.362 e. The maximum atomic E-state index is 12.6. The summed E-state index contributed by atoms with van der Waals surface area (Å²) in [5, 5.41) is 12.7. The molecule has 0 aliphatic heterocycles. The lowest BCUT2D eigenvalue weighted by molar-refractivity contribution is -0.141. The van der Waals surface area contributed by atoms with E-state index in [0.717, 1.165) is 30.4 Å². The first-order chi connectivity index (χ1) is 16.2. The number of nitrogens with one attached hydrogen (secondary N) is 3. The lowest BCUT2D eigenvalue weighted by Gasteiger charge is -2.16. The standard InChI is InChI=1S/C22H21F3N8O/c1-3-33-12-17-20(32-33)31-19(11-26-17)28-13(2)14-5-4-6-15(9-14)29-21(34)30-16-7-8-18(27-10-16)22(23,24)25/h4-13H,3H2,1-2H3,(H,28,31,32)(H2,29,30,34)/t13-/m0/s1. The molecule has 0 radical (unpaired) electrons. The summed E-state index contributed by atoms with van der Waals surface area (Å²) in [7, 11) is 0. The van der Waals surface area contributed by atoms with E-state index in [4.69, 9.17) is 0 Å². The van der Waals surface area contributed by atoms with Gasteiger partial charge in [-0.1, -0.05) is 12.1 Å². The van der Waals surface area contributed by atoms with Gasteiger partial charge < -0.3 is 16.0 Å². The second-order valence-corrected chi connectivity index (χ2v) is 7.45. The van der Waals surface area contributed by atoms with Crippen LogP contribution in [-0.2, 0) is 12.7 Å². The fraction of sp³-hybridized carbons (Fsp3) is 0.227. The number of aromatic nitrogens is 5. The molecule has 176 valence electrons. The number of pyridine rings is 1. The highest BCUT2D eigenvalue weighted by Gasteiger charge is 2.32. The Hall–Kier alpha value is -4.22. The summed E-state index contributed by atoms with van der Waals surface area (Å²) in [5.74, 6) is 0.562. The van der Waals surface area contributed by atoms with Crippen LogP contribution < -0.4 is 16.0 Å². The van der Waals surface area contributed by atoms with Gasteiger partial charge in [0.1, 0.15) is 17.0 Å². The van der Waals surface area contributed by atoms with Crippen molar-refractivity contribution in [2.24, 2.45) is 0 Å². The third kappa shape index (κ3) is 5.39. The number of alkyl halides is 3. The Morgan fingerprint density at radius 2 is 1.88 bits per heavy atom. The second-order valence-electron chi connectivity index (χ2n) is 7.45. The average molecular weight is 470 g/mol. The molecule has 34 heavy (non-hydrogen) atoms. The van der Waals surface area contributed by atoms with E-state index in [0.29, 0.717) is 22.7 Å². The van der Waals surface area contributed by atoms with Crippen LogP contribution in [-0.4, -0.2) is 30.8 Å². The zero-order valence-electron chi connectivity index (χ0n) is 18.3. The summed E-state index contributed by atoms with van der Waals surface area (Å²) in [6.45, 7) is 4.64. The molecule has 2 amide bonds. The number of nitrogens with zero attached hydrogens (tertiary/aromatic N) is 5. The number of urea groups is 1. The molecule has 3 aromatic heterocycles. The monoisotopic (exact) mass is 470 g/mol. The molecule has 0 spiro atoms. The third-order valence-electron chi connectivity index (χ3n) is 4.92. The van der Waals surface area contributed by atoms with Gasteiger partial charge in [0, 0.05) is 12.2 Å². The molecule has 0 bridgehead atoms. The van der Waals surface area contributed by atoms with Crippen LogP contribution in [0.5, 0.6) is 0 Å². The quantitative estimate of drug-likeness (QED) is 0.363. The van der Waals surface area contributed by atoms with Gasteiger partial charge in [0.15, 0.2) is 0 Å². The molecule has 1 atom stereocenters. The van der Waals surface area contributed by atoms with Gasteiger partial charge in [-0.2, -0.15) is 18.3 Å². The predicted octanol–water partition coefficient (Wildman–Crippen LogP) is 5.08. The number of hydrogen-bond acceptors (Lipinski definition) is 6. The largest absolute Gasteiger partial charge is 0.433 e. The van der Waals surface area contributed by atoms with Crippen LogP contribution in [0.4, 0.5) is 35.2 Å². The summed E-state index contributed by atoms with van der Waals surface area (Å²) in [6.07, 6.45) is -0.128. The molecule has 0 saturated heterocycles. The first-order valence-electron chi connectivity index (χ1n) is 10.4. The van der Waals surface area contributed by atoms with Crippen molar-refractivity contribution in [2.75, 3.05) is 16.0 Å². The van der Waals surface area contributed by atoms with E-state index in [1.807, 2.05) is 26.1 Å². The highest BCUT2D eigenvalue weighted by molar-refractivity contribution is 5.99. The van der Waals surface area contributed by atoms with Crippen LogP contribution in [0.1, 0.15) is 31.1 Å². The first-order valence-corrected chi connectivity index (χ1v) is 10.4. The maximum Gasteiger partial charge on any atom is 0.433 e. The van der Waals surface area contributed by atoms with Crippen molar-refractivity contribution in [1.29, 1.82) is 0 Å². The van der Waals surface area contributed by atoms with Gasteiger partial charge >= 0.3 is 12.2 Å². The van der Waals surface area contributed by atoms with E-state index < -0.39 is 17.9 Å². The Bertz CT molecular complexity index is 1300. The summed E-state index contributed by atoms with van der Waals surface area (Å²) in [5.41, 5.74) is 1.73. The van der Waals surface area contributed by atoms with Crippen molar-refractivity contribution in [1.82, 2.24) is 24.7 Å². The topological polar surface area (TPSA) is 110 Å². The zero-order valence-corrected chi connectivity index (χ0v) is 18.3. The molecule has 0 saturated carbocycles. The molecule has 0 aliphatic carbocycles. The van der Waals surface area contributed by atoms with Gasteiger partial charge in [-0.15, -0.1) is 0 Å². The molecule has 1 aromatic carbocycles. The fourth-order valence-corrected chi connectivity index (χ4v) is 3.20. The molecule has 4 aromatic rings. The number of hydrogen-bond donors (Lipinski definition) is 3. The molecular formula is C22H21F3N8O. The van der Waals surface area contributed by atoms with Crippen LogP contribution in [0.2, 0.25) is 0 Å². The molecule has 3 N–H and O–H groups in total. The lowest BCUT2D eigenvalue weighted by atomic mass is 10.1. The number of carbonyl (C=O) groups is 1. The van der Waals surface area contributed by atoms with E-state index in [-0.39, 0.29) is 11.7 Å². The normalized spacial score (nSPS) is 12.4. The Morgan fingerprint density at radius 3 is 2.59 bits per heavy atom. The number of carbonyl (C=O) groups excluding carboxylic acids is 1. The number of aryl methyl sites for hydroxylation is 1. The minimum atomic E-state index is -4.54. The summed E-state index contributed by atoms with van der Waals surface area (Å²) in [4.78, 5) is 24.4. The zero-order chi connectivity index (χ0) is 24.3. The van der Waals surface area contributed by atoms with E-state index in [2.05, 4.69) is 36.0 Å². The number of halogens is 3. The van der Waals surface area contributed by atoms with E-state index in [9.17, 15) is 18.0 Å². The van der Waals surface area contributed by atoms with Gasteiger partial charge in [-0.3, -0.25) is 4.68 Å². The number of amides is 2. The van der Waals surface area contributed by atoms with Crippen molar-refractivity contribution in [2.45, 2.75) is 32.6 Å². The van der Waals surface area contributed by atoms with Gasteiger partial charge in [-0.05, 0) is 43.7 Å². The van der Waals surface area contributed by atoms with Crippen LogP contribution in [0.25, 0.3) is 11.2 Å².